The topological polar surface area (TPSA) is 49.6 Å². The van der Waals surface area contributed by atoms with Crippen LogP contribution in [0.5, 0.6) is 0 Å². The number of fused-ring (bicyclic) bond motifs is 1. The fourth-order valence-electron chi connectivity index (χ4n) is 4.03. The molecule has 2 N–H and O–H groups in total. The number of nitrogens with two attached hydrogens (primary N) is 1. The third-order valence-corrected chi connectivity index (χ3v) is 5.69. The molecule has 3 rings (SSSR count). The molecule has 4 nitrogen and oxygen atoms in total. The average molecular weight is 352 g/mol. The number of rotatable bonds is 4. The van der Waals surface area contributed by atoms with Gasteiger partial charge in [0.15, 0.2) is 0 Å². The molecule has 1 aliphatic carbocycles. The molecule has 5 heteroatoms. The van der Waals surface area contributed by atoms with Crippen LogP contribution in [0.4, 0.5) is 0 Å². The van der Waals surface area contributed by atoms with E-state index in [0.717, 1.165) is 38.8 Å². The maximum absolute atomic E-state index is 12.8. The van der Waals surface area contributed by atoms with Gasteiger partial charge in [-0.1, -0.05) is 31.2 Å². The number of hydrogen-bond donors (Lipinski definition) is 1. The van der Waals surface area contributed by atoms with Crippen LogP contribution in [-0.4, -0.2) is 48.9 Å². The molecule has 1 saturated heterocycles. The minimum absolute atomic E-state index is 0. The van der Waals surface area contributed by atoms with Gasteiger partial charge in [-0.05, 0) is 55.3 Å². The van der Waals surface area contributed by atoms with Gasteiger partial charge in [0.05, 0.1) is 12.6 Å². The van der Waals surface area contributed by atoms with Crippen molar-refractivity contribution in [3.05, 3.63) is 35.4 Å². The zero-order valence-electron chi connectivity index (χ0n) is 14.8. The van der Waals surface area contributed by atoms with Gasteiger partial charge in [-0.15, -0.1) is 12.4 Å². The van der Waals surface area contributed by atoms with E-state index in [-0.39, 0.29) is 29.8 Å². The Morgan fingerprint density at radius 2 is 2.17 bits per heavy atom. The van der Waals surface area contributed by atoms with Crippen molar-refractivity contribution >= 4 is 18.3 Å². The molecule has 0 bridgehead atoms. The van der Waals surface area contributed by atoms with Gasteiger partial charge in [-0.2, -0.15) is 0 Å². The lowest BCUT2D eigenvalue weighted by Gasteiger charge is -2.34. The minimum atomic E-state index is 0. The molecule has 0 spiro atoms. The Bertz CT molecular complexity index is 579. The number of benzene rings is 1. The van der Waals surface area contributed by atoms with E-state index in [2.05, 4.69) is 36.1 Å². The number of carbonyl (C=O) groups excluding carboxylic acids is 1. The van der Waals surface area contributed by atoms with E-state index >= 15 is 0 Å². The van der Waals surface area contributed by atoms with Gasteiger partial charge in [0.25, 0.3) is 0 Å². The molecule has 1 aromatic rings. The van der Waals surface area contributed by atoms with Crippen LogP contribution in [-0.2, 0) is 11.2 Å². The summed E-state index contributed by atoms with van der Waals surface area (Å²) < 4.78 is 0. The first kappa shape index (κ1) is 19.2. The summed E-state index contributed by atoms with van der Waals surface area (Å²) in [6, 6.07) is 8.80. The zero-order chi connectivity index (χ0) is 16.4. The van der Waals surface area contributed by atoms with Gasteiger partial charge in [0.1, 0.15) is 0 Å². The Labute approximate surface area is 151 Å². The number of likely N-dealkylation sites (tertiary alicyclic amines) is 1. The first-order chi connectivity index (χ1) is 11.0. The summed E-state index contributed by atoms with van der Waals surface area (Å²) in [5.74, 6) is 0.230. The molecule has 0 saturated carbocycles. The molecule has 2 unspecified atom stereocenters. The van der Waals surface area contributed by atoms with Crippen molar-refractivity contribution in [3.63, 3.8) is 0 Å². The molecule has 1 aliphatic heterocycles. The van der Waals surface area contributed by atoms with Crippen molar-refractivity contribution in [2.45, 2.75) is 38.6 Å². The third-order valence-electron chi connectivity index (χ3n) is 5.69. The van der Waals surface area contributed by atoms with Crippen molar-refractivity contribution in [2.24, 2.45) is 11.1 Å². The van der Waals surface area contributed by atoms with Gasteiger partial charge in [0, 0.05) is 13.6 Å². The number of likely N-dealkylation sites (N-methyl/N-ethyl adjacent to an activating group) is 1. The molecule has 0 radical (unpaired) electrons. The van der Waals surface area contributed by atoms with Crippen molar-refractivity contribution in [3.8, 4) is 0 Å². The lowest BCUT2D eigenvalue weighted by atomic mass is 9.87. The second kappa shape index (κ2) is 7.85. The van der Waals surface area contributed by atoms with E-state index in [1.807, 2.05) is 11.9 Å². The molecular formula is C19H30ClN3O. The van der Waals surface area contributed by atoms with Crippen LogP contribution in [0.25, 0.3) is 0 Å². The number of amides is 1. The van der Waals surface area contributed by atoms with Crippen molar-refractivity contribution in [2.75, 3.05) is 33.2 Å². The summed E-state index contributed by atoms with van der Waals surface area (Å²) >= 11 is 0. The van der Waals surface area contributed by atoms with Crippen molar-refractivity contribution in [1.29, 1.82) is 0 Å². The highest BCUT2D eigenvalue weighted by molar-refractivity contribution is 5.85. The summed E-state index contributed by atoms with van der Waals surface area (Å²) in [5, 5.41) is 0. The highest BCUT2D eigenvalue weighted by Gasteiger charge is 2.34. The van der Waals surface area contributed by atoms with Crippen LogP contribution < -0.4 is 5.73 Å². The highest BCUT2D eigenvalue weighted by Crippen LogP contribution is 2.34. The highest BCUT2D eigenvalue weighted by atomic mass is 35.5. The summed E-state index contributed by atoms with van der Waals surface area (Å²) in [7, 11) is 1.97. The second-order valence-corrected chi connectivity index (χ2v) is 7.59. The molecule has 0 aromatic heterocycles. The normalized spacial score (nSPS) is 26.5. The molecule has 1 heterocycles. The predicted octanol–water partition coefficient (Wildman–Crippen LogP) is 2.61. The van der Waals surface area contributed by atoms with E-state index in [0.29, 0.717) is 13.1 Å². The Balaban J connectivity index is 0.00000208. The molecule has 2 atom stereocenters. The maximum atomic E-state index is 12.8. The molecular weight excluding hydrogens is 322 g/mol. The zero-order valence-corrected chi connectivity index (χ0v) is 15.6. The molecule has 1 amide bonds. The first-order valence-electron chi connectivity index (χ1n) is 8.78. The molecule has 1 aromatic carbocycles. The summed E-state index contributed by atoms with van der Waals surface area (Å²) in [6.45, 7) is 5.35. The monoisotopic (exact) mass is 351 g/mol. The molecule has 2 aliphatic rings. The summed E-state index contributed by atoms with van der Waals surface area (Å²) in [6.07, 6.45) is 4.45. The maximum Gasteiger partial charge on any atom is 0.237 e. The van der Waals surface area contributed by atoms with Crippen LogP contribution in [0.2, 0.25) is 0 Å². The number of aryl methyl sites for hydroxylation is 1. The number of hydrogen-bond acceptors (Lipinski definition) is 3. The predicted molar refractivity (Wildman–Crippen MR) is 100 cm³/mol. The van der Waals surface area contributed by atoms with Crippen LogP contribution >= 0.6 is 12.4 Å². The van der Waals surface area contributed by atoms with E-state index in [1.165, 1.54) is 11.1 Å². The van der Waals surface area contributed by atoms with Gasteiger partial charge >= 0.3 is 0 Å². The van der Waals surface area contributed by atoms with E-state index in [4.69, 9.17) is 5.73 Å². The quantitative estimate of drug-likeness (QED) is 0.907. The molecule has 24 heavy (non-hydrogen) atoms. The number of halogens is 1. The lowest BCUT2D eigenvalue weighted by Crippen LogP contribution is -2.41. The van der Waals surface area contributed by atoms with Crippen molar-refractivity contribution in [1.82, 2.24) is 9.80 Å². The van der Waals surface area contributed by atoms with Crippen molar-refractivity contribution < 1.29 is 4.79 Å². The fourth-order valence-corrected chi connectivity index (χ4v) is 4.03. The van der Waals surface area contributed by atoms with Crippen LogP contribution in [0.1, 0.15) is 43.4 Å². The Kier molecular flexibility index (Phi) is 6.29. The van der Waals surface area contributed by atoms with E-state index in [1.54, 1.807) is 0 Å². The first-order valence-corrected chi connectivity index (χ1v) is 8.78. The molecule has 134 valence electrons. The van der Waals surface area contributed by atoms with Gasteiger partial charge in [-0.3, -0.25) is 9.69 Å². The Hall–Kier alpha value is -1.10. The average Bonchev–Trinajstić information content (AvgIpc) is 2.95. The Morgan fingerprint density at radius 3 is 2.88 bits per heavy atom. The smallest absolute Gasteiger partial charge is 0.237 e. The number of nitrogens with zero attached hydrogens (tertiary/aromatic N) is 2. The minimum Gasteiger partial charge on any atom is -0.338 e. The lowest BCUT2D eigenvalue weighted by molar-refractivity contribution is -0.133. The van der Waals surface area contributed by atoms with Gasteiger partial charge < -0.3 is 10.6 Å². The summed E-state index contributed by atoms with van der Waals surface area (Å²) in [4.78, 5) is 17.0. The van der Waals surface area contributed by atoms with Crippen LogP contribution in [0.15, 0.2) is 24.3 Å². The molecule has 1 fully saturated rings. The van der Waals surface area contributed by atoms with E-state index in [9.17, 15) is 4.79 Å². The van der Waals surface area contributed by atoms with E-state index < -0.39 is 0 Å². The second-order valence-electron chi connectivity index (χ2n) is 7.59. The third kappa shape index (κ3) is 3.93. The fraction of sp³-hybridized carbons (Fsp3) is 0.632. The SMILES string of the molecule is CN(C(=O)CN1CCC(C)(CN)C1)C1CCCc2ccccc21.Cl. The largest absolute Gasteiger partial charge is 0.338 e. The number of carbonyl (C=O) groups is 1. The summed E-state index contributed by atoms with van der Waals surface area (Å²) in [5.41, 5.74) is 8.78. The Morgan fingerprint density at radius 1 is 1.42 bits per heavy atom. The van der Waals surface area contributed by atoms with Crippen LogP contribution in [0.3, 0.4) is 0 Å². The van der Waals surface area contributed by atoms with Gasteiger partial charge in [-0.25, -0.2) is 0 Å². The van der Waals surface area contributed by atoms with Gasteiger partial charge in [0.2, 0.25) is 5.91 Å². The van der Waals surface area contributed by atoms with Crippen LogP contribution in [0, 0.1) is 5.41 Å². The standard InChI is InChI=1S/C19H29N3O.ClH/c1-19(13-20)10-11-22(14-19)12-18(23)21(2)17-9-5-7-15-6-3-4-8-16(15)17;/h3-4,6,8,17H,5,7,9-14,20H2,1-2H3;1H.